The second-order valence-electron chi connectivity index (χ2n) is 7.70. The highest BCUT2D eigenvalue weighted by Gasteiger charge is 2.36. The lowest BCUT2D eigenvalue weighted by Gasteiger charge is -2.43. The van der Waals surface area contributed by atoms with Gasteiger partial charge in [-0.05, 0) is 46.0 Å². The van der Waals surface area contributed by atoms with Gasteiger partial charge in [0.1, 0.15) is 12.6 Å². The first-order valence-corrected chi connectivity index (χ1v) is 10.4. The van der Waals surface area contributed by atoms with Gasteiger partial charge in [-0.25, -0.2) is 4.89 Å². The third-order valence-electron chi connectivity index (χ3n) is 5.44. The maximum Gasteiger partial charge on any atom is 0.323 e. The van der Waals surface area contributed by atoms with Crippen LogP contribution in [0.5, 0.6) is 0 Å². The van der Waals surface area contributed by atoms with E-state index in [9.17, 15) is 9.59 Å². The number of hydrogen-bond acceptors (Lipinski definition) is 6. The van der Waals surface area contributed by atoms with Crippen LogP contribution in [0, 0.1) is 5.92 Å². The van der Waals surface area contributed by atoms with E-state index in [0.29, 0.717) is 18.9 Å². The van der Waals surface area contributed by atoms with Crippen molar-refractivity contribution < 1.29 is 24.5 Å². The van der Waals surface area contributed by atoms with Gasteiger partial charge in [0, 0.05) is 6.04 Å². The average Bonchev–Trinajstić information content (AvgIpc) is 2.63. The van der Waals surface area contributed by atoms with Crippen molar-refractivity contribution in [3.63, 3.8) is 0 Å². The molecule has 0 aromatic heterocycles. The number of nitrogens with one attached hydrogen (secondary N) is 1. The summed E-state index contributed by atoms with van der Waals surface area (Å²) in [7, 11) is 0. The van der Waals surface area contributed by atoms with E-state index in [-0.39, 0.29) is 30.6 Å². The molecule has 0 radical (unpaired) electrons. The van der Waals surface area contributed by atoms with E-state index in [1.807, 2.05) is 18.7 Å². The molecule has 158 valence electrons. The van der Waals surface area contributed by atoms with Crippen molar-refractivity contribution in [1.29, 1.82) is 0 Å². The minimum absolute atomic E-state index is 0.0660. The molecule has 7 nitrogen and oxygen atoms in total. The van der Waals surface area contributed by atoms with E-state index in [1.165, 1.54) is 6.42 Å². The monoisotopic (exact) mass is 386 g/mol. The zero-order chi connectivity index (χ0) is 20.4. The van der Waals surface area contributed by atoms with Crippen molar-refractivity contribution >= 4 is 11.9 Å². The van der Waals surface area contributed by atoms with Gasteiger partial charge in [0.2, 0.25) is 5.91 Å². The zero-order valence-electron chi connectivity index (χ0n) is 17.6. The number of esters is 1. The van der Waals surface area contributed by atoms with Crippen molar-refractivity contribution in [1.82, 2.24) is 10.2 Å². The van der Waals surface area contributed by atoms with Gasteiger partial charge in [0.15, 0.2) is 0 Å². The number of hydrogen-bond donors (Lipinski definition) is 2. The van der Waals surface area contributed by atoms with Crippen molar-refractivity contribution in [3.05, 3.63) is 0 Å². The lowest BCUT2D eigenvalue weighted by Crippen LogP contribution is -2.58. The SMILES string of the molecule is CCC[C@@H](N[C@H](C)C(=O)N([C@@H](C)COO)[C@H]1CCCC[C@H]1C)C(=O)OCC. The first-order valence-electron chi connectivity index (χ1n) is 10.4. The Bertz CT molecular complexity index is 460. The quantitative estimate of drug-likeness (QED) is 0.322. The zero-order valence-corrected chi connectivity index (χ0v) is 17.6. The molecular formula is C20H38N2O5. The molecule has 0 bridgehead atoms. The normalized spacial score (nSPS) is 23.3. The Balaban J connectivity index is 2.92. The molecule has 0 aromatic rings. The van der Waals surface area contributed by atoms with E-state index in [0.717, 1.165) is 25.7 Å². The molecule has 1 aliphatic carbocycles. The summed E-state index contributed by atoms with van der Waals surface area (Å²) in [5.74, 6) is 0.0135. The number of ether oxygens (including phenoxy) is 1. The lowest BCUT2D eigenvalue weighted by molar-refractivity contribution is -0.252. The standard InChI is InChI=1S/C20H38N2O5/c1-6-10-17(20(24)26-7-2)21-16(5)19(23)22(15(4)13-27-25)18-12-9-8-11-14(18)3/h14-18,21,25H,6-13H2,1-5H3/t14-,15+,16-,17-,18+/m1/s1. The van der Waals surface area contributed by atoms with Crippen LogP contribution in [0.25, 0.3) is 0 Å². The van der Waals surface area contributed by atoms with E-state index in [4.69, 9.17) is 9.99 Å². The van der Waals surface area contributed by atoms with Gasteiger partial charge in [-0.3, -0.25) is 20.2 Å². The number of rotatable bonds is 11. The van der Waals surface area contributed by atoms with E-state index in [1.54, 1.807) is 13.8 Å². The lowest BCUT2D eigenvalue weighted by atomic mass is 9.84. The molecule has 0 unspecified atom stereocenters. The Kier molecular flexibility index (Phi) is 10.9. The molecule has 1 fully saturated rings. The Morgan fingerprint density at radius 1 is 1.22 bits per heavy atom. The Labute approximate surface area is 163 Å². The number of carbonyl (C=O) groups is 2. The van der Waals surface area contributed by atoms with Crippen LogP contribution in [-0.2, 0) is 19.2 Å². The number of nitrogens with zero attached hydrogens (tertiary/aromatic N) is 1. The summed E-state index contributed by atoms with van der Waals surface area (Å²) in [6.45, 7) is 10.0. The van der Waals surface area contributed by atoms with Crippen LogP contribution in [0.1, 0.15) is 73.1 Å². The van der Waals surface area contributed by atoms with Crippen molar-refractivity contribution in [2.45, 2.75) is 97.3 Å². The van der Waals surface area contributed by atoms with Gasteiger partial charge in [-0.2, -0.15) is 0 Å². The molecule has 1 amide bonds. The first-order chi connectivity index (χ1) is 12.9. The van der Waals surface area contributed by atoms with Crippen molar-refractivity contribution in [3.8, 4) is 0 Å². The van der Waals surface area contributed by atoms with Gasteiger partial charge in [0.25, 0.3) is 0 Å². The predicted molar refractivity (Wildman–Crippen MR) is 104 cm³/mol. The van der Waals surface area contributed by atoms with Crippen LogP contribution in [0.4, 0.5) is 0 Å². The highest BCUT2D eigenvalue weighted by molar-refractivity contribution is 5.83. The fraction of sp³-hybridized carbons (Fsp3) is 0.900. The summed E-state index contributed by atoms with van der Waals surface area (Å²) < 4.78 is 5.14. The topological polar surface area (TPSA) is 88.1 Å². The maximum atomic E-state index is 13.3. The van der Waals surface area contributed by atoms with Crippen LogP contribution >= 0.6 is 0 Å². The molecule has 27 heavy (non-hydrogen) atoms. The number of carbonyl (C=O) groups excluding carboxylic acids is 2. The van der Waals surface area contributed by atoms with Crippen LogP contribution in [0.3, 0.4) is 0 Å². The highest BCUT2D eigenvalue weighted by atomic mass is 17.1. The molecule has 0 saturated heterocycles. The summed E-state index contributed by atoms with van der Waals surface area (Å²) in [5, 5.41) is 12.1. The Morgan fingerprint density at radius 2 is 1.89 bits per heavy atom. The van der Waals surface area contributed by atoms with Crippen molar-refractivity contribution in [2.75, 3.05) is 13.2 Å². The Hall–Kier alpha value is -1.18. The molecule has 1 aliphatic rings. The minimum Gasteiger partial charge on any atom is -0.465 e. The summed E-state index contributed by atoms with van der Waals surface area (Å²) in [6.07, 6.45) is 5.74. The highest BCUT2D eigenvalue weighted by Crippen LogP contribution is 2.30. The van der Waals surface area contributed by atoms with E-state index >= 15 is 0 Å². The van der Waals surface area contributed by atoms with Crippen LogP contribution in [0.2, 0.25) is 0 Å². The Morgan fingerprint density at radius 3 is 2.44 bits per heavy atom. The second-order valence-corrected chi connectivity index (χ2v) is 7.70. The largest absolute Gasteiger partial charge is 0.465 e. The maximum absolute atomic E-state index is 13.3. The van der Waals surface area contributed by atoms with Gasteiger partial charge in [0.05, 0.1) is 18.7 Å². The smallest absolute Gasteiger partial charge is 0.323 e. The van der Waals surface area contributed by atoms with Crippen LogP contribution < -0.4 is 5.32 Å². The molecule has 0 aliphatic heterocycles. The third-order valence-corrected chi connectivity index (χ3v) is 5.44. The minimum atomic E-state index is -0.527. The molecule has 2 N–H and O–H groups in total. The average molecular weight is 387 g/mol. The molecule has 5 atom stereocenters. The van der Waals surface area contributed by atoms with Crippen LogP contribution in [-0.4, -0.2) is 59.4 Å². The predicted octanol–water partition coefficient (Wildman–Crippen LogP) is 2.98. The fourth-order valence-electron chi connectivity index (χ4n) is 4.00. The van der Waals surface area contributed by atoms with Gasteiger partial charge in [-0.1, -0.05) is 33.1 Å². The molecule has 7 heteroatoms. The molecule has 0 aromatic carbocycles. The van der Waals surface area contributed by atoms with Gasteiger partial charge < -0.3 is 9.64 Å². The molecule has 0 spiro atoms. The summed E-state index contributed by atoms with van der Waals surface area (Å²) in [4.78, 5) is 31.7. The summed E-state index contributed by atoms with van der Waals surface area (Å²) in [6, 6.07) is -1.15. The summed E-state index contributed by atoms with van der Waals surface area (Å²) in [5.41, 5.74) is 0. The molecular weight excluding hydrogens is 348 g/mol. The second kappa shape index (κ2) is 12.3. The van der Waals surface area contributed by atoms with Gasteiger partial charge >= 0.3 is 5.97 Å². The first kappa shape index (κ1) is 23.9. The third kappa shape index (κ3) is 7.05. The fourth-order valence-corrected chi connectivity index (χ4v) is 4.00. The van der Waals surface area contributed by atoms with Gasteiger partial charge in [-0.15, -0.1) is 0 Å². The van der Waals surface area contributed by atoms with E-state index in [2.05, 4.69) is 17.1 Å². The summed E-state index contributed by atoms with van der Waals surface area (Å²) >= 11 is 0. The molecule has 1 rings (SSSR count). The molecule has 1 saturated carbocycles. The molecule has 0 heterocycles. The van der Waals surface area contributed by atoms with Crippen molar-refractivity contribution in [2.24, 2.45) is 5.92 Å². The van der Waals surface area contributed by atoms with E-state index < -0.39 is 12.1 Å². The van der Waals surface area contributed by atoms with Crippen LogP contribution in [0.15, 0.2) is 0 Å². The number of amides is 1.